The molecule has 0 radical (unpaired) electrons. The molecule has 1 aromatic heterocycles. The van der Waals surface area contributed by atoms with Crippen molar-refractivity contribution in [2.24, 2.45) is 0 Å². The van der Waals surface area contributed by atoms with E-state index in [0.717, 1.165) is 0 Å². The Bertz CT molecular complexity index is 883. The van der Waals surface area contributed by atoms with Gasteiger partial charge in [-0.2, -0.15) is 10.5 Å². The second kappa shape index (κ2) is 8.09. The molecule has 122 valence electrons. The number of hydrogen-bond donors (Lipinski definition) is 0. The minimum Gasteiger partial charge on any atom is -0.437 e. The fraction of sp³-hybridized carbons (Fsp3) is 0.0526. The highest BCUT2D eigenvalue weighted by atomic mass is 16.5. The fourth-order valence-electron chi connectivity index (χ4n) is 1.96. The van der Waals surface area contributed by atoms with E-state index in [1.807, 2.05) is 12.1 Å². The van der Waals surface area contributed by atoms with Crippen molar-refractivity contribution in [2.45, 2.75) is 7.43 Å². The van der Waals surface area contributed by atoms with Crippen molar-refractivity contribution in [2.75, 3.05) is 0 Å². The van der Waals surface area contributed by atoms with Crippen LogP contribution in [-0.2, 0) is 0 Å². The number of nitrogens with zero attached hydrogens (tertiary/aromatic N) is 4. The first-order valence-corrected chi connectivity index (χ1v) is 6.96. The molecular formula is C19H14N4O2. The van der Waals surface area contributed by atoms with Gasteiger partial charge < -0.3 is 9.47 Å². The lowest BCUT2D eigenvalue weighted by Crippen LogP contribution is -1.95. The van der Waals surface area contributed by atoms with E-state index in [1.54, 1.807) is 48.5 Å². The molecule has 6 nitrogen and oxygen atoms in total. The lowest BCUT2D eigenvalue weighted by Gasteiger charge is -2.08. The number of benzene rings is 2. The standard InChI is InChI=1S/C18H10N4O2.CH4/c19-10-13-5-1-3-7-15(13)23-17-9-18(22-12-21-17)24-16-8-4-2-6-14(16)11-20;/h1-9,12H;1H4. The van der Waals surface area contributed by atoms with Crippen LogP contribution in [-0.4, -0.2) is 9.97 Å². The van der Waals surface area contributed by atoms with Crippen LogP contribution in [0.3, 0.4) is 0 Å². The largest absolute Gasteiger partial charge is 0.437 e. The third-order valence-electron chi connectivity index (χ3n) is 3.06. The summed E-state index contributed by atoms with van der Waals surface area (Å²) in [7, 11) is 0. The van der Waals surface area contributed by atoms with Crippen LogP contribution in [0.1, 0.15) is 18.6 Å². The molecule has 25 heavy (non-hydrogen) atoms. The van der Waals surface area contributed by atoms with Gasteiger partial charge in [0.1, 0.15) is 30.0 Å². The van der Waals surface area contributed by atoms with E-state index in [-0.39, 0.29) is 19.2 Å². The molecule has 2 aromatic carbocycles. The first kappa shape index (κ1) is 17.5. The summed E-state index contributed by atoms with van der Waals surface area (Å²) in [4.78, 5) is 8.01. The third kappa shape index (κ3) is 4.10. The zero-order valence-corrected chi connectivity index (χ0v) is 12.4. The van der Waals surface area contributed by atoms with Gasteiger partial charge in [0.25, 0.3) is 0 Å². The van der Waals surface area contributed by atoms with E-state index in [4.69, 9.17) is 20.0 Å². The lowest BCUT2D eigenvalue weighted by atomic mass is 10.2. The Labute approximate surface area is 145 Å². The average Bonchev–Trinajstić information content (AvgIpc) is 2.63. The average molecular weight is 330 g/mol. The van der Waals surface area contributed by atoms with Gasteiger partial charge in [0.2, 0.25) is 11.8 Å². The second-order valence-electron chi connectivity index (χ2n) is 4.61. The van der Waals surface area contributed by atoms with Gasteiger partial charge >= 0.3 is 0 Å². The molecule has 3 rings (SSSR count). The van der Waals surface area contributed by atoms with Crippen molar-refractivity contribution < 1.29 is 9.47 Å². The Hall–Kier alpha value is -3.90. The molecule has 0 aliphatic rings. The smallest absolute Gasteiger partial charge is 0.226 e. The monoisotopic (exact) mass is 330 g/mol. The SMILES string of the molecule is C.N#Cc1ccccc1Oc1cc(Oc2ccccc2C#N)ncn1. The van der Waals surface area contributed by atoms with Crippen LogP contribution in [0.5, 0.6) is 23.3 Å². The highest BCUT2D eigenvalue weighted by Crippen LogP contribution is 2.27. The maximum Gasteiger partial charge on any atom is 0.226 e. The van der Waals surface area contributed by atoms with Crippen molar-refractivity contribution in [3.8, 4) is 35.4 Å². The Morgan fingerprint density at radius 2 is 1.16 bits per heavy atom. The van der Waals surface area contributed by atoms with Gasteiger partial charge in [0, 0.05) is 0 Å². The fourth-order valence-corrected chi connectivity index (χ4v) is 1.96. The van der Waals surface area contributed by atoms with Crippen LogP contribution in [0.15, 0.2) is 60.9 Å². The predicted molar refractivity (Wildman–Crippen MR) is 91.2 cm³/mol. The van der Waals surface area contributed by atoms with Crippen LogP contribution >= 0.6 is 0 Å². The predicted octanol–water partition coefficient (Wildman–Crippen LogP) is 4.44. The van der Waals surface area contributed by atoms with E-state index in [0.29, 0.717) is 22.6 Å². The van der Waals surface area contributed by atoms with Crippen molar-refractivity contribution in [1.29, 1.82) is 10.5 Å². The molecule has 0 spiro atoms. The molecule has 0 saturated heterocycles. The topological polar surface area (TPSA) is 91.8 Å². The summed E-state index contributed by atoms with van der Waals surface area (Å²) < 4.78 is 11.2. The zero-order chi connectivity index (χ0) is 16.8. The summed E-state index contributed by atoms with van der Waals surface area (Å²) in [5.41, 5.74) is 0.793. The van der Waals surface area contributed by atoms with Crippen LogP contribution in [0, 0.1) is 22.7 Å². The van der Waals surface area contributed by atoms with Crippen molar-refractivity contribution in [3.63, 3.8) is 0 Å². The Kier molecular flexibility index (Phi) is 5.65. The lowest BCUT2D eigenvalue weighted by molar-refractivity contribution is 0.432. The molecule has 3 aromatic rings. The summed E-state index contributed by atoms with van der Waals surface area (Å²) in [5.74, 6) is 1.25. The number of nitriles is 2. The molecule has 1 heterocycles. The van der Waals surface area contributed by atoms with Gasteiger partial charge in [-0.3, -0.25) is 0 Å². The van der Waals surface area contributed by atoms with Crippen LogP contribution < -0.4 is 9.47 Å². The summed E-state index contributed by atoms with van der Waals surface area (Å²) in [6.07, 6.45) is 1.29. The molecule has 0 aliphatic carbocycles. The van der Waals surface area contributed by atoms with Crippen molar-refractivity contribution in [1.82, 2.24) is 9.97 Å². The molecule has 0 fully saturated rings. The summed E-state index contributed by atoms with van der Waals surface area (Å²) in [6.45, 7) is 0. The molecule has 0 N–H and O–H groups in total. The Morgan fingerprint density at radius 3 is 1.60 bits per heavy atom. The molecule has 0 atom stereocenters. The van der Waals surface area contributed by atoms with Gasteiger partial charge in [-0.05, 0) is 24.3 Å². The summed E-state index contributed by atoms with van der Waals surface area (Å²) in [5, 5.41) is 18.2. The highest BCUT2D eigenvalue weighted by Gasteiger charge is 2.09. The van der Waals surface area contributed by atoms with Gasteiger partial charge in [0.15, 0.2) is 0 Å². The van der Waals surface area contributed by atoms with E-state index >= 15 is 0 Å². The third-order valence-corrected chi connectivity index (χ3v) is 3.06. The molecule has 0 saturated carbocycles. The maximum atomic E-state index is 9.09. The van der Waals surface area contributed by atoms with Crippen LogP contribution in [0.4, 0.5) is 0 Å². The normalized spacial score (nSPS) is 9.20. The number of ether oxygens (including phenoxy) is 2. The maximum absolute atomic E-state index is 9.09. The molecule has 0 aliphatic heterocycles. The highest BCUT2D eigenvalue weighted by molar-refractivity contribution is 5.46. The molecule has 0 amide bonds. The van der Waals surface area contributed by atoms with Gasteiger partial charge in [-0.1, -0.05) is 31.7 Å². The van der Waals surface area contributed by atoms with Crippen molar-refractivity contribution >= 4 is 0 Å². The number of aromatic nitrogens is 2. The zero-order valence-electron chi connectivity index (χ0n) is 12.4. The summed E-state index contributed by atoms with van der Waals surface area (Å²) in [6, 6.07) is 19.3. The van der Waals surface area contributed by atoms with Gasteiger partial charge in [-0.15, -0.1) is 0 Å². The molecular weight excluding hydrogens is 316 g/mol. The summed E-state index contributed by atoms with van der Waals surface area (Å²) >= 11 is 0. The first-order valence-electron chi connectivity index (χ1n) is 6.96. The minimum absolute atomic E-state index is 0. The van der Waals surface area contributed by atoms with Gasteiger partial charge in [0.05, 0.1) is 17.2 Å². The molecule has 0 unspecified atom stereocenters. The van der Waals surface area contributed by atoms with E-state index < -0.39 is 0 Å². The van der Waals surface area contributed by atoms with Crippen LogP contribution in [0.25, 0.3) is 0 Å². The molecule has 6 heteroatoms. The first-order chi connectivity index (χ1) is 11.8. The van der Waals surface area contributed by atoms with E-state index in [2.05, 4.69) is 9.97 Å². The van der Waals surface area contributed by atoms with E-state index in [1.165, 1.54) is 12.4 Å². The number of hydrogen-bond acceptors (Lipinski definition) is 6. The van der Waals surface area contributed by atoms with Gasteiger partial charge in [-0.25, -0.2) is 9.97 Å². The number of rotatable bonds is 4. The van der Waals surface area contributed by atoms with Crippen LogP contribution in [0.2, 0.25) is 0 Å². The number of para-hydroxylation sites is 2. The second-order valence-corrected chi connectivity index (χ2v) is 4.61. The Morgan fingerprint density at radius 1 is 0.720 bits per heavy atom. The molecule has 0 bridgehead atoms. The minimum atomic E-state index is 0. The quantitative estimate of drug-likeness (QED) is 0.702. The van der Waals surface area contributed by atoms with Crippen molar-refractivity contribution in [3.05, 3.63) is 72.1 Å². The van der Waals surface area contributed by atoms with E-state index in [9.17, 15) is 0 Å². The Balaban J connectivity index is 0.00000225.